The van der Waals surface area contributed by atoms with E-state index in [9.17, 15) is 14.0 Å². The van der Waals surface area contributed by atoms with E-state index >= 15 is 0 Å². The average Bonchev–Trinajstić information content (AvgIpc) is 2.19. The van der Waals surface area contributed by atoms with Crippen LogP contribution in [0.3, 0.4) is 0 Å². The summed E-state index contributed by atoms with van der Waals surface area (Å²) in [5.74, 6) is -1.25. The molecular formula is C11H10FNO2. The van der Waals surface area contributed by atoms with Gasteiger partial charge in [-0.2, -0.15) is 0 Å². The summed E-state index contributed by atoms with van der Waals surface area (Å²) in [5.41, 5.74) is 5.93. The number of rotatable bonds is 3. The zero-order chi connectivity index (χ0) is 11.4. The largest absolute Gasteiger partial charge is 0.366 e. The van der Waals surface area contributed by atoms with Gasteiger partial charge >= 0.3 is 0 Å². The van der Waals surface area contributed by atoms with E-state index in [-0.39, 0.29) is 5.56 Å². The lowest BCUT2D eigenvalue weighted by molar-refractivity contribution is -0.113. The molecule has 0 bridgehead atoms. The van der Waals surface area contributed by atoms with Crippen LogP contribution in [0.5, 0.6) is 0 Å². The third kappa shape index (κ3) is 2.49. The normalized spacial score (nSPS) is 10.5. The second-order valence-electron chi connectivity index (χ2n) is 3.05. The second-order valence-corrected chi connectivity index (χ2v) is 3.05. The summed E-state index contributed by atoms with van der Waals surface area (Å²) in [6.07, 6.45) is 2.85. The molecule has 0 spiro atoms. The molecule has 0 fully saturated rings. The zero-order valence-corrected chi connectivity index (χ0v) is 8.16. The van der Waals surface area contributed by atoms with E-state index in [0.717, 1.165) is 6.08 Å². The molecule has 0 heterocycles. The van der Waals surface area contributed by atoms with Gasteiger partial charge in [0.05, 0.1) is 5.56 Å². The highest BCUT2D eigenvalue weighted by Crippen LogP contribution is 2.17. The Balaban J connectivity index is 3.31. The standard InChI is InChI=1S/C11H10FNO2/c1-7-2-4-10(12)9(6-14)8(7)3-5-11(13)15/h2-6H,1H3,(H2,13,15). The van der Waals surface area contributed by atoms with Crippen LogP contribution in [-0.4, -0.2) is 12.2 Å². The molecule has 1 rings (SSSR count). The quantitative estimate of drug-likeness (QED) is 0.602. The van der Waals surface area contributed by atoms with E-state index < -0.39 is 11.7 Å². The number of aldehydes is 1. The molecule has 3 nitrogen and oxygen atoms in total. The summed E-state index contributed by atoms with van der Waals surface area (Å²) in [4.78, 5) is 21.2. The van der Waals surface area contributed by atoms with Crippen molar-refractivity contribution in [2.45, 2.75) is 6.92 Å². The van der Waals surface area contributed by atoms with E-state index in [0.29, 0.717) is 17.4 Å². The molecule has 0 saturated heterocycles. The number of nitrogens with two attached hydrogens (primary N) is 1. The predicted molar refractivity (Wildman–Crippen MR) is 54.8 cm³/mol. The number of hydrogen-bond acceptors (Lipinski definition) is 2. The fourth-order valence-electron chi connectivity index (χ4n) is 1.23. The summed E-state index contributed by atoms with van der Waals surface area (Å²) in [7, 11) is 0. The van der Waals surface area contributed by atoms with Gasteiger partial charge in [-0.3, -0.25) is 9.59 Å². The Hall–Kier alpha value is -1.97. The van der Waals surface area contributed by atoms with E-state index in [4.69, 9.17) is 5.73 Å². The summed E-state index contributed by atoms with van der Waals surface area (Å²) in [6.45, 7) is 1.72. The lowest BCUT2D eigenvalue weighted by atomic mass is 10.0. The number of hydrogen-bond donors (Lipinski definition) is 1. The van der Waals surface area contributed by atoms with E-state index in [2.05, 4.69) is 0 Å². The number of carbonyl (C=O) groups excluding carboxylic acids is 2. The van der Waals surface area contributed by atoms with Gasteiger partial charge < -0.3 is 5.73 Å². The highest BCUT2D eigenvalue weighted by molar-refractivity contribution is 5.93. The number of benzene rings is 1. The molecule has 1 aromatic carbocycles. The van der Waals surface area contributed by atoms with Crippen molar-refractivity contribution in [2.75, 3.05) is 0 Å². The van der Waals surface area contributed by atoms with Crippen LogP contribution in [0, 0.1) is 12.7 Å². The van der Waals surface area contributed by atoms with Gasteiger partial charge in [-0.15, -0.1) is 0 Å². The average molecular weight is 207 g/mol. The minimum absolute atomic E-state index is 0.0625. The van der Waals surface area contributed by atoms with Gasteiger partial charge in [0.25, 0.3) is 0 Å². The van der Waals surface area contributed by atoms with E-state index in [1.165, 1.54) is 18.2 Å². The number of amides is 1. The van der Waals surface area contributed by atoms with Crippen LogP contribution < -0.4 is 5.73 Å². The Morgan fingerprint density at radius 1 is 1.40 bits per heavy atom. The molecule has 78 valence electrons. The van der Waals surface area contributed by atoms with Gasteiger partial charge in [-0.25, -0.2) is 4.39 Å². The Morgan fingerprint density at radius 2 is 2.07 bits per heavy atom. The molecule has 15 heavy (non-hydrogen) atoms. The Morgan fingerprint density at radius 3 is 2.60 bits per heavy atom. The fraction of sp³-hybridized carbons (Fsp3) is 0.0909. The highest BCUT2D eigenvalue weighted by Gasteiger charge is 2.08. The molecule has 0 atom stereocenters. The third-order valence-corrected chi connectivity index (χ3v) is 1.98. The third-order valence-electron chi connectivity index (χ3n) is 1.98. The molecular weight excluding hydrogens is 197 g/mol. The summed E-state index contributed by atoms with van der Waals surface area (Å²) in [5, 5.41) is 0. The molecule has 0 unspecified atom stereocenters. The predicted octanol–water partition coefficient (Wildman–Crippen LogP) is 1.45. The van der Waals surface area contributed by atoms with Crippen LogP contribution in [0.1, 0.15) is 21.5 Å². The lowest BCUT2D eigenvalue weighted by Crippen LogP contribution is -2.05. The SMILES string of the molecule is Cc1ccc(F)c(C=O)c1C=CC(N)=O. The second kappa shape index (κ2) is 4.50. The Labute approximate surface area is 86.4 Å². The molecule has 0 radical (unpaired) electrons. The molecule has 0 aromatic heterocycles. The molecule has 0 aliphatic heterocycles. The highest BCUT2D eigenvalue weighted by atomic mass is 19.1. The van der Waals surface area contributed by atoms with Gasteiger partial charge in [-0.05, 0) is 30.2 Å². The summed E-state index contributed by atoms with van der Waals surface area (Å²) in [6, 6.07) is 2.74. The maximum Gasteiger partial charge on any atom is 0.241 e. The zero-order valence-electron chi connectivity index (χ0n) is 8.16. The van der Waals surface area contributed by atoms with Crippen LogP contribution in [-0.2, 0) is 4.79 Å². The Kier molecular flexibility index (Phi) is 3.33. The van der Waals surface area contributed by atoms with Crippen LogP contribution in [0.2, 0.25) is 0 Å². The van der Waals surface area contributed by atoms with Crippen molar-refractivity contribution in [1.82, 2.24) is 0 Å². The molecule has 1 amide bonds. The first-order valence-electron chi connectivity index (χ1n) is 4.28. The Bertz CT molecular complexity index is 438. The van der Waals surface area contributed by atoms with Crippen molar-refractivity contribution in [1.29, 1.82) is 0 Å². The minimum atomic E-state index is -0.643. The summed E-state index contributed by atoms with van der Waals surface area (Å²) < 4.78 is 13.2. The van der Waals surface area contributed by atoms with Gasteiger partial charge in [0.1, 0.15) is 5.82 Å². The number of halogens is 1. The molecule has 1 aromatic rings. The van der Waals surface area contributed by atoms with Crippen LogP contribution in [0.25, 0.3) is 6.08 Å². The van der Waals surface area contributed by atoms with Crippen molar-refractivity contribution in [3.8, 4) is 0 Å². The summed E-state index contributed by atoms with van der Waals surface area (Å²) >= 11 is 0. The fourth-order valence-corrected chi connectivity index (χ4v) is 1.23. The molecule has 4 heteroatoms. The molecule has 0 saturated carbocycles. The maximum absolute atomic E-state index is 13.2. The molecule has 0 aliphatic carbocycles. The number of aryl methyl sites for hydroxylation is 1. The van der Waals surface area contributed by atoms with Gasteiger partial charge in [0.2, 0.25) is 5.91 Å². The van der Waals surface area contributed by atoms with Gasteiger partial charge in [0, 0.05) is 6.08 Å². The van der Waals surface area contributed by atoms with Gasteiger partial charge in [0.15, 0.2) is 6.29 Å². The first kappa shape index (κ1) is 11.1. The lowest BCUT2D eigenvalue weighted by Gasteiger charge is -2.04. The molecule has 0 aliphatic rings. The smallest absolute Gasteiger partial charge is 0.241 e. The number of carbonyl (C=O) groups is 2. The van der Waals surface area contributed by atoms with Crippen LogP contribution in [0.4, 0.5) is 4.39 Å². The van der Waals surface area contributed by atoms with Crippen molar-refractivity contribution in [2.24, 2.45) is 5.73 Å². The van der Waals surface area contributed by atoms with Crippen LogP contribution >= 0.6 is 0 Å². The van der Waals surface area contributed by atoms with E-state index in [1.54, 1.807) is 6.92 Å². The first-order valence-corrected chi connectivity index (χ1v) is 4.28. The first-order chi connectivity index (χ1) is 7.06. The van der Waals surface area contributed by atoms with Crippen LogP contribution in [0.15, 0.2) is 18.2 Å². The van der Waals surface area contributed by atoms with Crippen molar-refractivity contribution in [3.05, 3.63) is 40.7 Å². The number of primary amides is 1. The molecule has 2 N–H and O–H groups in total. The topological polar surface area (TPSA) is 60.2 Å². The van der Waals surface area contributed by atoms with Crippen molar-refractivity contribution >= 4 is 18.3 Å². The van der Waals surface area contributed by atoms with Crippen molar-refractivity contribution < 1.29 is 14.0 Å². The minimum Gasteiger partial charge on any atom is -0.366 e. The van der Waals surface area contributed by atoms with E-state index in [1.807, 2.05) is 0 Å². The monoisotopic (exact) mass is 207 g/mol. The maximum atomic E-state index is 13.2. The van der Waals surface area contributed by atoms with Gasteiger partial charge in [-0.1, -0.05) is 6.07 Å². The van der Waals surface area contributed by atoms with Crippen molar-refractivity contribution in [3.63, 3.8) is 0 Å².